The van der Waals surface area contributed by atoms with E-state index in [4.69, 9.17) is 15.9 Å². The Morgan fingerprint density at radius 3 is 2.38 bits per heavy atom. The van der Waals surface area contributed by atoms with Crippen LogP contribution < -0.4 is 4.74 Å². The lowest BCUT2D eigenvalue weighted by Crippen LogP contribution is -2.67. The third-order valence-electron chi connectivity index (χ3n) is 5.77. The van der Waals surface area contributed by atoms with E-state index in [9.17, 15) is 34.8 Å². The van der Waals surface area contributed by atoms with Crippen molar-refractivity contribution in [3.8, 4) is 23.8 Å². The van der Waals surface area contributed by atoms with Gasteiger partial charge in [-0.2, -0.15) is 0 Å². The van der Waals surface area contributed by atoms with Crippen LogP contribution in [0.15, 0.2) is 18.2 Å². The number of aliphatic hydroxyl groups excluding tert-OH is 1. The molecule has 0 aromatic heterocycles. The largest absolute Gasteiger partial charge is 0.507 e. The number of phenolic OH excluding ortho intramolecular Hbond substituents is 1. The molecule has 10 nitrogen and oxygen atoms in total. The lowest BCUT2D eigenvalue weighted by molar-refractivity contribution is -0.0961. The Kier molecular flexibility index (Phi) is 6.32. The molecule has 0 saturated carbocycles. The third-order valence-corrected chi connectivity index (χ3v) is 5.77. The number of ether oxygens (including phenoxy) is 2. The number of hydrogen-bond acceptors (Lipinski definition) is 9. The first-order chi connectivity index (χ1) is 15.9. The Balaban J connectivity index is 2.30. The van der Waals surface area contributed by atoms with Crippen LogP contribution in [-0.2, 0) is 11.3 Å². The minimum absolute atomic E-state index is 0.0757. The molecule has 1 amide bonds. The Labute approximate surface area is 195 Å². The lowest BCUT2D eigenvalue weighted by Gasteiger charge is -2.40. The minimum Gasteiger partial charge on any atom is -0.507 e. The molecule has 2 aromatic carbocycles. The number of ketones is 2. The number of fused-ring (bicyclic) bond motifs is 2. The fourth-order valence-corrected chi connectivity index (χ4v) is 3.97. The average Bonchev–Trinajstić information content (AvgIpc) is 2.80. The molecule has 3 rings (SSSR count). The van der Waals surface area contributed by atoms with Crippen molar-refractivity contribution < 1.29 is 44.3 Å². The normalized spacial score (nSPS) is 21.9. The van der Waals surface area contributed by atoms with Crippen molar-refractivity contribution in [1.29, 1.82) is 0 Å². The number of aliphatic hydroxyl groups is 3. The molecule has 10 heteroatoms. The predicted molar refractivity (Wildman–Crippen MR) is 120 cm³/mol. The van der Waals surface area contributed by atoms with Crippen molar-refractivity contribution in [1.82, 2.24) is 4.90 Å². The molecule has 0 bridgehead atoms. The number of nitrogens with zero attached hydrogens (tertiary/aromatic N) is 1. The summed E-state index contributed by atoms with van der Waals surface area (Å²) < 4.78 is 10.5. The van der Waals surface area contributed by atoms with Crippen molar-refractivity contribution in [2.45, 2.75) is 37.7 Å². The van der Waals surface area contributed by atoms with Gasteiger partial charge in [0.05, 0.1) is 25.4 Å². The van der Waals surface area contributed by atoms with Gasteiger partial charge in [-0.05, 0) is 43.0 Å². The van der Waals surface area contributed by atoms with E-state index in [0.717, 1.165) is 0 Å². The van der Waals surface area contributed by atoms with Crippen LogP contribution >= 0.6 is 0 Å². The van der Waals surface area contributed by atoms with Gasteiger partial charge in [0.2, 0.25) is 17.2 Å². The summed E-state index contributed by atoms with van der Waals surface area (Å²) in [5, 5.41) is 42.5. The summed E-state index contributed by atoms with van der Waals surface area (Å²) in [6, 6.07) is 4.23. The van der Waals surface area contributed by atoms with Gasteiger partial charge in [-0.25, -0.2) is 4.79 Å². The highest BCUT2D eigenvalue weighted by Crippen LogP contribution is 2.44. The highest BCUT2D eigenvalue weighted by molar-refractivity contribution is 6.26. The van der Waals surface area contributed by atoms with Crippen LogP contribution in [0.25, 0.3) is 10.8 Å². The molecular formula is C24H25NO9. The third kappa shape index (κ3) is 3.54. The maximum atomic E-state index is 13.2. The van der Waals surface area contributed by atoms with Crippen LogP contribution in [0.3, 0.4) is 0 Å². The molecule has 4 N–H and O–H groups in total. The van der Waals surface area contributed by atoms with Gasteiger partial charge in [0.1, 0.15) is 11.5 Å². The second-order valence-corrected chi connectivity index (χ2v) is 8.35. The topological polar surface area (TPSA) is 154 Å². The van der Waals surface area contributed by atoms with E-state index in [1.807, 2.05) is 0 Å². The average molecular weight is 471 g/mol. The number of Topliss-reactive ketones (excluding diaryl/α,β-unsaturated/α-hetero) is 2. The first-order valence-electron chi connectivity index (χ1n) is 10.3. The van der Waals surface area contributed by atoms with Gasteiger partial charge in [0.15, 0.2) is 5.60 Å². The summed E-state index contributed by atoms with van der Waals surface area (Å²) in [6.07, 6.45) is 4.26. The Bertz CT molecular complexity index is 1250. The summed E-state index contributed by atoms with van der Waals surface area (Å²) in [7, 11) is 2.87. The summed E-state index contributed by atoms with van der Waals surface area (Å²) in [5.74, 6) is -1.22. The zero-order valence-corrected chi connectivity index (χ0v) is 19.1. The molecule has 0 heterocycles. The molecule has 0 spiro atoms. The molecule has 0 fully saturated rings. The standard InChI is InChI=1S/C24H25NO9/c1-6-23(31)21(29)18-16(20(28)24(23,32)11-26)9-13-7-15(33-5)8-14(17(13)19(18)27)10-25(4)22(30)34-12(2)3/h1,7-9,12,26-27,31-32H,10-11H2,2-5H3/t23-,24+/m0/s1. The number of amides is 1. The van der Waals surface area contributed by atoms with Crippen molar-refractivity contribution >= 4 is 28.4 Å². The maximum absolute atomic E-state index is 13.2. The summed E-state index contributed by atoms with van der Waals surface area (Å²) in [5.41, 5.74) is -6.81. The first-order valence-corrected chi connectivity index (χ1v) is 10.3. The molecule has 2 atom stereocenters. The number of benzene rings is 2. The Morgan fingerprint density at radius 2 is 1.85 bits per heavy atom. The Hall–Kier alpha value is -3.65. The number of terminal acetylenes is 1. The highest BCUT2D eigenvalue weighted by Gasteiger charge is 2.63. The number of aromatic hydroxyl groups is 1. The monoisotopic (exact) mass is 471 g/mol. The van der Waals surface area contributed by atoms with E-state index in [2.05, 4.69) is 0 Å². The van der Waals surface area contributed by atoms with Crippen LogP contribution in [0.2, 0.25) is 0 Å². The van der Waals surface area contributed by atoms with Crippen LogP contribution in [-0.4, -0.2) is 81.1 Å². The van der Waals surface area contributed by atoms with Gasteiger partial charge in [-0.1, -0.05) is 5.92 Å². The summed E-state index contributed by atoms with van der Waals surface area (Å²) in [6.45, 7) is 1.97. The van der Waals surface area contributed by atoms with Gasteiger partial charge in [0.25, 0.3) is 0 Å². The maximum Gasteiger partial charge on any atom is 0.410 e. The molecule has 0 unspecified atom stereocenters. The van der Waals surface area contributed by atoms with E-state index in [-0.39, 0.29) is 23.4 Å². The van der Waals surface area contributed by atoms with E-state index in [0.29, 0.717) is 11.3 Å². The van der Waals surface area contributed by atoms with Gasteiger partial charge in [-0.3, -0.25) is 9.59 Å². The number of methoxy groups -OCH3 is 1. The highest BCUT2D eigenvalue weighted by atomic mass is 16.6. The smallest absolute Gasteiger partial charge is 0.410 e. The SMILES string of the molecule is C#C[C@]1(O)C(=O)c2c(cc3cc(OC)cc(CN(C)C(=O)OC(C)C)c3c2O)C(=O)[C@]1(O)CO. The minimum atomic E-state index is -3.11. The van der Waals surface area contributed by atoms with Crippen molar-refractivity contribution in [2.24, 2.45) is 0 Å². The molecular weight excluding hydrogens is 446 g/mol. The van der Waals surface area contributed by atoms with Gasteiger partial charge in [-0.15, -0.1) is 6.42 Å². The molecule has 34 heavy (non-hydrogen) atoms. The van der Waals surface area contributed by atoms with Crippen LogP contribution in [0.4, 0.5) is 4.79 Å². The molecule has 1 aliphatic carbocycles. The molecule has 0 radical (unpaired) electrons. The molecule has 2 aromatic rings. The van der Waals surface area contributed by atoms with Crippen molar-refractivity contribution in [3.63, 3.8) is 0 Å². The second-order valence-electron chi connectivity index (χ2n) is 8.35. The fourth-order valence-electron chi connectivity index (χ4n) is 3.97. The number of carbonyl (C=O) groups is 3. The summed E-state index contributed by atoms with van der Waals surface area (Å²) >= 11 is 0. The first kappa shape index (κ1) is 25.0. The lowest BCUT2D eigenvalue weighted by atomic mass is 9.67. The van der Waals surface area contributed by atoms with Gasteiger partial charge >= 0.3 is 6.09 Å². The molecule has 0 saturated heterocycles. The van der Waals surface area contributed by atoms with Gasteiger partial charge < -0.3 is 34.8 Å². The van der Waals surface area contributed by atoms with Crippen LogP contribution in [0.1, 0.15) is 40.1 Å². The number of rotatable bonds is 5. The number of carbonyl (C=O) groups excluding carboxylic acids is 3. The molecule has 0 aliphatic heterocycles. The van der Waals surface area contributed by atoms with E-state index >= 15 is 0 Å². The zero-order chi connectivity index (χ0) is 25.6. The predicted octanol–water partition coefficient (Wildman–Crippen LogP) is 0.997. The van der Waals surface area contributed by atoms with Gasteiger partial charge in [0, 0.05) is 24.5 Å². The van der Waals surface area contributed by atoms with Crippen molar-refractivity contribution in [3.05, 3.63) is 34.9 Å². The number of hydrogen-bond donors (Lipinski definition) is 4. The van der Waals surface area contributed by atoms with Crippen LogP contribution in [0, 0.1) is 12.3 Å². The Morgan fingerprint density at radius 1 is 1.21 bits per heavy atom. The quantitative estimate of drug-likeness (QED) is 0.468. The fraction of sp³-hybridized carbons (Fsp3) is 0.375. The zero-order valence-electron chi connectivity index (χ0n) is 19.1. The molecule has 180 valence electrons. The second kappa shape index (κ2) is 8.61. The summed E-state index contributed by atoms with van der Waals surface area (Å²) in [4.78, 5) is 39.8. The van der Waals surface area contributed by atoms with E-state index in [1.54, 1.807) is 19.8 Å². The molecule has 1 aliphatic rings. The number of phenols is 1. The van der Waals surface area contributed by atoms with E-state index in [1.165, 1.54) is 37.3 Å². The van der Waals surface area contributed by atoms with E-state index < -0.39 is 52.3 Å². The van der Waals surface area contributed by atoms with Crippen molar-refractivity contribution in [2.75, 3.05) is 20.8 Å². The van der Waals surface area contributed by atoms with Crippen LogP contribution in [0.5, 0.6) is 11.5 Å².